The molecule has 1 aromatic rings. The number of nitrogens with one attached hydrogen (secondary N) is 2. The van der Waals surface area contributed by atoms with Gasteiger partial charge >= 0.3 is 6.03 Å². The summed E-state index contributed by atoms with van der Waals surface area (Å²) in [5.41, 5.74) is 1.89. The van der Waals surface area contributed by atoms with Gasteiger partial charge in [-0.25, -0.2) is 13.2 Å². The van der Waals surface area contributed by atoms with Crippen LogP contribution < -0.4 is 10.6 Å². The van der Waals surface area contributed by atoms with E-state index in [9.17, 15) is 13.2 Å². The summed E-state index contributed by atoms with van der Waals surface area (Å²) in [6.45, 7) is 5.86. The van der Waals surface area contributed by atoms with Crippen LogP contribution in [0.5, 0.6) is 0 Å². The molecular weight excluding hydrogens is 264 g/mol. The number of carbonyl (C=O) groups excluding carboxylic acids is 1. The molecule has 0 aliphatic carbocycles. The van der Waals surface area contributed by atoms with Crippen LogP contribution >= 0.6 is 0 Å². The minimum absolute atomic E-state index is 0.107. The molecule has 6 heteroatoms. The quantitative estimate of drug-likeness (QED) is 0.810. The summed E-state index contributed by atoms with van der Waals surface area (Å²) in [5, 5.41) is 5.25. The van der Waals surface area contributed by atoms with Crippen LogP contribution in [0, 0.1) is 0 Å². The normalized spacial score (nSPS) is 10.8. The van der Waals surface area contributed by atoms with Crippen molar-refractivity contribution in [2.24, 2.45) is 0 Å². The Balaban J connectivity index is 2.78. The second kappa shape index (κ2) is 6.38. The Morgan fingerprint density at radius 1 is 1.32 bits per heavy atom. The van der Waals surface area contributed by atoms with Crippen LogP contribution in [-0.4, -0.2) is 27.2 Å². The van der Waals surface area contributed by atoms with E-state index in [0.717, 1.165) is 11.8 Å². The Hall–Kier alpha value is -1.82. The highest BCUT2D eigenvalue weighted by Crippen LogP contribution is 2.17. The molecule has 5 nitrogen and oxygen atoms in total. The SMILES string of the molecule is C=C(C)CNC(=O)Nc1ccccc1CS(C)(=O)=O. The lowest BCUT2D eigenvalue weighted by molar-refractivity contribution is 0.253. The third kappa shape index (κ3) is 6.05. The van der Waals surface area contributed by atoms with Crippen molar-refractivity contribution < 1.29 is 13.2 Å². The van der Waals surface area contributed by atoms with E-state index in [4.69, 9.17) is 0 Å². The van der Waals surface area contributed by atoms with E-state index in [1.54, 1.807) is 31.2 Å². The first-order chi connectivity index (χ1) is 8.78. The van der Waals surface area contributed by atoms with Gasteiger partial charge in [0.25, 0.3) is 0 Å². The van der Waals surface area contributed by atoms with Crippen molar-refractivity contribution in [1.82, 2.24) is 5.32 Å². The van der Waals surface area contributed by atoms with Gasteiger partial charge < -0.3 is 10.6 Å². The molecule has 1 aromatic carbocycles. The third-order valence-corrected chi connectivity index (χ3v) is 3.07. The summed E-state index contributed by atoms with van der Waals surface area (Å²) >= 11 is 0. The highest BCUT2D eigenvalue weighted by atomic mass is 32.2. The van der Waals surface area contributed by atoms with Gasteiger partial charge in [-0.1, -0.05) is 30.4 Å². The number of hydrogen-bond donors (Lipinski definition) is 2. The summed E-state index contributed by atoms with van der Waals surface area (Å²) in [6, 6.07) is 6.43. The molecule has 0 heterocycles. The smallest absolute Gasteiger partial charge is 0.319 e. The van der Waals surface area contributed by atoms with Gasteiger partial charge in [0.1, 0.15) is 0 Å². The number of rotatable bonds is 5. The van der Waals surface area contributed by atoms with Crippen LogP contribution in [0.1, 0.15) is 12.5 Å². The lowest BCUT2D eigenvalue weighted by Crippen LogP contribution is -2.30. The Morgan fingerprint density at radius 3 is 2.53 bits per heavy atom. The predicted octanol–water partition coefficient (Wildman–Crippen LogP) is 1.93. The first-order valence-electron chi connectivity index (χ1n) is 5.73. The average Bonchev–Trinajstić information content (AvgIpc) is 2.27. The topological polar surface area (TPSA) is 75.3 Å². The number of carbonyl (C=O) groups is 1. The minimum Gasteiger partial charge on any atom is -0.334 e. The standard InChI is InChI=1S/C13H18N2O3S/c1-10(2)8-14-13(16)15-12-7-5-4-6-11(12)9-19(3,17)18/h4-7H,1,8-9H2,2-3H3,(H2,14,15,16). The Kier molecular flexibility index (Phi) is 5.11. The van der Waals surface area contributed by atoms with E-state index < -0.39 is 9.84 Å². The molecular formula is C13H18N2O3S. The van der Waals surface area contributed by atoms with Gasteiger partial charge in [0, 0.05) is 18.5 Å². The fourth-order valence-corrected chi connectivity index (χ4v) is 2.26. The molecule has 0 saturated carbocycles. The largest absolute Gasteiger partial charge is 0.334 e. The van der Waals surface area contributed by atoms with Crippen LogP contribution in [0.3, 0.4) is 0 Å². The number of sulfone groups is 1. The number of benzene rings is 1. The molecule has 1 rings (SSSR count). The van der Waals surface area contributed by atoms with Crippen molar-refractivity contribution in [2.75, 3.05) is 18.1 Å². The Labute approximate surface area is 113 Å². The van der Waals surface area contributed by atoms with Crippen LogP contribution in [0.15, 0.2) is 36.4 Å². The molecule has 2 amide bonds. The Morgan fingerprint density at radius 2 is 1.95 bits per heavy atom. The molecule has 0 aliphatic heterocycles. The van der Waals surface area contributed by atoms with E-state index in [2.05, 4.69) is 17.2 Å². The lowest BCUT2D eigenvalue weighted by Gasteiger charge is -2.11. The van der Waals surface area contributed by atoms with Crippen molar-refractivity contribution in [1.29, 1.82) is 0 Å². The van der Waals surface area contributed by atoms with Gasteiger partial charge in [-0.05, 0) is 18.6 Å². The molecule has 19 heavy (non-hydrogen) atoms. The van der Waals surface area contributed by atoms with E-state index in [0.29, 0.717) is 17.8 Å². The van der Waals surface area contributed by atoms with Gasteiger partial charge in [-0.2, -0.15) is 0 Å². The zero-order valence-electron chi connectivity index (χ0n) is 11.1. The first-order valence-corrected chi connectivity index (χ1v) is 7.79. The molecule has 0 bridgehead atoms. The molecule has 0 radical (unpaired) electrons. The molecule has 0 atom stereocenters. The van der Waals surface area contributed by atoms with Crippen LogP contribution in [0.4, 0.5) is 10.5 Å². The highest BCUT2D eigenvalue weighted by molar-refractivity contribution is 7.89. The molecule has 2 N–H and O–H groups in total. The number of anilines is 1. The summed E-state index contributed by atoms with van der Waals surface area (Å²) in [6.07, 6.45) is 1.16. The molecule has 0 spiro atoms. The highest BCUT2D eigenvalue weighted by Gasteiger charge is 2.10. The van der Waals surface area contributed by atoms with Crippen molar-refractivity contribution in [3.63, 3.8) is 0 Å². The molecule has 0 fully saturated rings. The zero-order chi connectivity index (χ0) is 14.5. The van der Waals surface area contributed by atoms with E-state index in [1.807, 2.05) is 0 Å². The fourth-order valence-electron chi connectivity index (χ4n) is 1.45. The van der Waals surface area contributed by atoms with Crippen LogP contribution in [-0.2, 0) is 15.6 Å². The van der Waals surface area contributed by atoms with E-state index in [-0.39, 0.29) is 11.8 Å². The van der Waals surface area contributed by atoms with Crippen LogP contribution in [0.25, 0.3) is 0 Å². The summed E-state index contributed by atoms with van der Waals surface area (Å²) < 4.78 is 22.6. The second-order valence-electron chi connectivity index (χ2n) is 4.49. The van der Waals surface area contributed by atoms with E-state index >= 15 is 0 Å². The summed E-state index contributed by atoms with van der Waals surface area (Å²) in [5.74, 6) is -0.107. The number of para-hydroxylation sites is 1. The maximum atomic E-state index is 11.6. The van der Waals surface area contributed by atoms with Crippen molar-refractivity contribution in [2.45, 2.75) is 12.7 Å². The monoisotopic (exact) mass is 282 g/mol. The van der Waals surface area contributed by atoms with Gasteiger partial charge in [-0.15, -0.1) is 0 Å². The fraction of sp³-hybridized carbons (Fsp3) is 0.308. The lowest BCUT2D eigenvalue weighted by atomic mass is 10.2. The molecule has 104 valence electrons. The van der Waals surface area contributed by atoms with Crippen molar-refractivity contribution >= 4 is 21.6 Å². The molecule has 0 aromatic heterocycles. The van der Waals surface area contributed by atoms with Gasteiger partial charge in [0.2, 0.25) is 0 Å². The molecule has 0 saturated heterocycles. The maximum absolute atomic E-state index is 11.6. The predicted molar refractivity (Wildman–Crippen MR) is 76.8 cm³/mol. The number of urea groups is 1. The molecule has 0 aliphatic rings. The van der Waals surface area contributed by atoms with Crippen molar-refractivity contribution in [3.8, 4) is 0 Å². The summed E-state index contributed by atoms with van der Waals surface area (Å²) in [4.78, 5) is 11.6. The van der Waals surface area contributed by atoms with Gasteiger partial charge in [0.05, 0.1) is 5.75 Å². The number of hydrogen-bond acceptors (Lipinski definition) is 3. The van der Waals surface area contributed by atoms with Gasteiger partial charge in [0.15, 0.2) is 9.84 Å². The summed E-state index contributed by atoms with van der Waals surface area (Å²) in [7, 11) is -3.15. The second-order valence-corrected chi connectivity index (χ2v) is 6.63. The molecule has 0 unspecified atom stereocenters. The third-order valence-electron chi connectivity index (χ3n) is 2.23. The first kappa shape index (κ1) is 15.2. The average molecular weight is 282 g/mol. The zero-order valence-corrected chi connectivity index (χ0v) is 11.9. The van der Waals surface area contributed by atoms with E-state index in [1.165, 1.54) is 0 Å². The minimum atomic E-state index is -3.15. The van der Waals surface area contributed by atoms with Crippen LogP contribution in [0.2, 0.25) is 0 Å². The van der Waals surface area contributed by atoms with Gasteiger partial charge in [-0.3, -0.25) is 0 Å². The van der Waals surface area contributed by atoms with Crippen molar-refractivity contribution in [3.05, 3.63) is 42.0 Å². The maximum Gasteiger partial charge on any atom is 0.319 e. The number of amides is 2. The Bertz CT molecular complexity index is 579.